The highest BCUT2D eigenvalue weighted by molar-refractivity contribution is 5.96. The van der Waals surface area contributed by atoms with E-state index in [1.807, 2.05) is 47.4 Å². The lowest BCUT2D eigenvalue weighted by molar-refractivity contribution is -0.140. The van der Waals surface area contributed by atoms with Gasteiger partial charge in [0.25, 0.3) is 5.91 Å². The molecule has 8 nitrogen and oxygen atoms in total. The Morgan fingerprint density at radius 2 is 1.41 bits per heavy atom. The van der Waals surface area contributed by atoms with Crippen molar-refractivity contribution in [3.63, 3.8) is 0 Å². The second-order valence-electron chi connectivity index (χ2n) is 11.7. The molecule has 1 fully saturated rings. The minimum absolute atomic E-state index is 0.106. The topological polar surface area (TPSA) is 83.3 Å². The van der Waals surface area contributed by atoms with E-state index in [1.54, 1.807) is 30.9 Å². The summed E-state index contributed by atoms with van der Waals surface area (Å²) < 4.78 is 11.4. The van der Waals surface area contributed by atoms with E-state index in [2.05, 4.69) is 53.4 Å². The second-order valence-corrected chi connectivity index (χ2v) is 11.7. The number of allylic oxidation sites excluding steroid dienone is 1. The van der Waals surface area contributed by atoms with Crippen LogP contribution in [0.3, 0.4) is 0 Å². The fourth-order valence-electron chi connectivity index (χ4n) is 6.60. The third kappa shape index (κ3) is 6.53. The molecule has 0 spiro atoms. The van der Waals surface area contributed by atoms with Gasteiger partial charge in [-0.2, -0.15) is 0 Å². The second kappa shape index (κ2) is 14.0. The van der Waals surface area contributed by atoms with Crippen molar-refractivity contribution in [1.29, 1.82) is 0 Å². The van der Waals surface area contributed by atoms with Crippen LogP contribution in [0.5, 0.6) is 0 Å². The van der Waals surface area contributed by atoms with E-state index >= 15 is 0 Å². The van der Waals surface area contributed by atoms with Gasteiger partial charge in [0.1, 0.15) is 5.76 Å². The molecule has 8 heteroatoms. The number of carbonyl (C=O) groups is 3. The van der Waals surface area contributed by atoms with Crippen molar-refractivity contribution < 1.29 is 23.5 Å². The van der Waals surface area contributed by atoms with Crippen LogP contribution in [0.15, 0.2) is 119 Å². The summed E-state index contributed by atoms with van der Waals surface area (Å²) in [7, 11) is 0. The molecular formula is C38H39N3O5. The zero-order valence-corrected chi connectivity index (χ0v) is 26.3. The Hall–Kier alpha value is -4.95. The van der Waals surface area contributed by atoms with Gasteiger partial charge in [0.15, 0.2) is 5.76 Å². The molecule has 1 unspecified atom stereocenters. The number of rotatable bonds is 9. The summed E-state index contributed by atoms with van der Waals surface area (Å²) in [6.07, 6.45) is 0.138. The first kappa shape index (κ1) is 31.0. The molecule has 2 aliphatic heterocycles. The molecule has 2 amide bonds. The number of amides is 2. The van der Waals surface area contributed by atoms with Gasteiger partial charge >= 0.3 is 5.97 Å². The van der Waals surface area contributed by atoms with Gasteiger partial charge in [-0.15, -0.1) is 0 Å². The average Bonchev–Trinajstić information content (AvgIpc) is 3.57. The number of esters is 1. The van der Waals surface area contributed by atoms with Crippen molar-refractivity contribution in [3.05, 3.63) is 143 Å². The number of ether oxygens (including phenoxy) is 1. The molecule has 6 rings (SSSR count). The minimum atomic E-state index is -0.428. The quantitative estimate of drug-likeness (QED) is 0.209. The standard InChI is InChI=1S/C38H39N3O5/c1-3-45-38(44)35-27(2)41(34(42)25-32(35)28-13-7-4-8-14-28)26-31-19-20-33(46-31)37(43)40-23-21-39(22-24-40)36(29-15-9-5-10-16-29)30-17-11-6-12-18-30/h4-20,32,36H,3,21-26H2,1-2H3. The first-order chi connectivity index (χ1) is 22.4. The lowest BCUT2D eigenvalue weighted by atomic mass is 9.83. The lowest BCUT2D eigenvalue weighted by Gasteiger charge is -2.39. The highest BCUT2D eigenvalue weighted by Crippen LogP contribution is 2.38. The van der Waals surface area contributed by atoms with Crippen molar-refractivity contribution in [2.75, 3.05) is 32.8 Å². The van der Waals surface area contributed by atoms with E-state index in [9.17, 15) is 14.4 Å². The summed E-state index contributed by atoms with van der Waals surface area (Å²) in [6.45, 7) is 6.48. The van der Waals surface area contributed by atoms with Gasteiger partial charge in [-0.1, -0.05) is 91.0 Å². The summed E-state index contributed by atoms with van der Waals surface area (Å²) in [4.78, 5) is 45.8. The number of hydrogen-bond donors (Lipinski definition) is 0. The highest BCUT2D eigenvalue weighted by Gasteiger charge is 2.37. The normalized spacial score (nSPS) is 17.5. The summed E-state index contributed by atoms with van der Waals surface area (Å²) >= 11 is 0. The van der Waals surface area contributed by atoms with E-state index in [0.717, 1.165) is 18.7 Å². The maximum atomic E-state index is 13.5. The van der Waals surface area contributed by atoms with Gasteiger partial charge in [0, 0.05) is 44.2 Å². The Balaban J connectivity index is 1.15. The Kier molecular flexibility index (Phi) is 9.45. The third-order valence-corrected chi connectivity index (χ3v) is 8.90. The Morgan fingerprint density at radius 3 is 2.00 bits per heavy atom. The van der Waals surface area contributed by atoms with Crippen LogP contribution in [-0.4, -0.2) is 65.3 Å². The van der Waals surface area contributed by atoms with Gasteiger partial charge in [0.2, 0.25) is 5.91 Å². The molecule has 0 radical (unpaired) electrons. The predicted octanol–water partition coefficient (Wildman–Crippen LogP) is 6.18. The molecular weight excluding hydrogens is 578 g/mol. The van der Waals surface area contributed by atoms with Gasteiger partial charge in [-0.3, -0.25) is 14.5 Å². The molecule has 0 aliphatic carbocycles. The molecule has 0 saturated carbocycles. The molecule has 0 N–H and O–H groups in total. The highest BCUT2D eigenvalue weighted by atomic mass is 16.5. The molecule has 46 heavy (non-hydrogen) atoms. The van der Waals surface area contributed by atoms with Crippen molar-refractivity contribution in [1.82, 2.24) is 14.7 Å². The van der Waals surface area contributed by atoms with E-state index in [-0.39, 0.29) is 49.1 Å². The fourth-order valence-corrected chi connectivity index (χ4v) is 6.60. The monoisotopic (exact) mass is 617 g/mol. The van der Waals surface area contributed by atoms with Gasteiger partial charge in [-0.05, 0) is 42.7 Å². The Labute approximate surface area is 269 Å². The molecule has 3 aromatic carbocycles. The van der Waals surface area contributed by atoms with Gasteiger partial charge in [0.05, 0.1) is 24.8 Å². The molecule has 3 heterocycles. The molecule has 2 aliphatic rings. The zero-order chi connectivity index (χ0) is 32.0. The number of carbonyl (C=O) groups excluding carboxylic acids is 3. The van der Waals surface area contributed by atoms with Crippen LogP contribution in [-0.2, 0) is 20.9 Å². The number of hydrogen-bond acceptors (Lipinski definition) is 6. The van der Waals surface area contributed by atoms with Gasteiger partial charge < -0.3 is 19.0 Å². The van der Waals surface area contributed by atoms with Crippen LogP contribution in [0.4, 0.5) is 0 Å². The SMILES string of the molecule is CCOC(=O)C1=C(C)N(Cc2ccc(C(=O)N3CCN(C(c4ccccc4)c4ccccc4)CC3)o2)C(=O)CC1c1ccccc1. The van der Waals surface area contributed by atoms with E-state index in [0.29, 0.717) is 30.1 Å². The van der Waals surface area contributed by atoms with Crippen LogP contribution in [0.1, 0.15) is 65.2 Å². The zero-order valence-electron chi connectivity index (χ0n) is 26.3. The largest absolute Gasteiger partial charge is 0.463 e. The first-order valence-corrected chi connectivity index (χ1v) is 15.9. The average molecular weight is 618 g/mol. The number of benzene rings is 3. The summed E-state index contributed by atoms with van der Waals surface area (Å²) in [5.74, 6) is -0.390. The maximum absolute atomic E-state index is 13.5. The van der Waals surface area contributed by atoms with Crippen molar-refractivity contribution in [2.24, 2.45) is 0 Å². The third-order valence-electron chi connectivity index (χ3n) is 8.90. The number of furan rings is 1. The summed E-state index contributed by atoms with van der Waals surface area (Å²) in [6, 6.07) is 34.0. The molecule has 0 bridgehead atoms. The molecule has 1 saturated heterocycles. The molecule has 1 aromatic heterocycles. The number of nitrogens with zero attached hydrogens (tertiary/aromatic N) is 3. The van der Waals surface area contributed by atoms with E-state index < -0.39 is 5.97 Å². The molecule has 1 atom stereocenters. The molecule has 236 valence electrons. The minimum Gasteiger partial charge on any atom is -0.463 e. The smallest absolute Gasteiger partial charge is 0.336 e. The number of piperazine rings is 1. The van der Waals surface area contributed by atoms with Crippen molar-refractivity contribution in [3.8, 4) is 0 Å². The van der Waals surface area contributed by atoms with Crippen LogP contribution in [0.2, 0.25) is 0 Å². The first-order valence-electron chi connectivity index (χ1n) is 15.9. The van der Waals surface area contributed by atoms with E-state index in [4.69, 9.17) is 9.15 Å². The summed E-state index contributed by atoms with van der Waals surface area (Å²) in [5.41, 5.74) is 4.35. The van der Waals surface area contributed by atoms with Crippen molar-refractivity contribution >= 4 is 17.8 Å². The van der Waals surface area contributed by atoms with Crippen molar-refractivity contribution in [2.45, 2.75) is 38.8 Å². The van der Waals surface area contributed by atoms with Crippen LogP contribution < -0.4 is 0 Å². The maximum Gasteiger partial charge on any atom is 0.336 e. The van der Waals surface area contributed by atoms with Crippen LogP contribution in [0, 0.1) is 0 Å². The van der Waals surface area contributed by atoms with Crippen LogP contribution >= 0.6 is 0 Å². The molecule has 4 aromatic rings. The Bertz CT molecular complexity index is 1650. The summed E-state index contributed by atoms with van der Waals surface area (Å²) in [5, 5.41) is 0. The Morgan fingerprint density at radius 1 is 0.826 bits per heavy atom. The van der Waals surface area contributed by atoms with Crippen LogP contribution in [0.25, 0.3) is 0 Å². The van der Waals surface area contributed by atoms with Gasteiger partial charge in [-0.25, -0.2) is 4.79 Å². The fraction of sp³-hybridized carbons (Fsp3) is 0.289. The predicted molar refractivity (Wildman–Crippen MR) is 175 cm³/mol. The lowest BCUT2D eigenvalue weighted by Crippen LogP contribution is -2.49. The van der Waals surface area contributed by atoms with E-state index in [1.165, 1.54) is 11.1 Å².